The van der Waals surface area contributed by atoms with Gasteiger partial charge in [-0.1, -0.05) is 29.3 Å². The second-order valence-corrected chi connectivity index (χ2v) is 5.38. The number of nitrogens with one attached hydrogen (secondary N) is 1. The van der Waals surface area contributed by atoms with Gasteiger partial charge in [0, 0.05) is 29.6 Å². The van der Waals surface area contributed by atoms with Crippen molar-refractivity contribution >= 4 is 35.0 Å². The molecule has 0 radical (unpaired) electrons. The van der Waals surface area contributed by atoms with Crippen molar-refractivity contribution < 1.29 is 9.59 Å². The van der Waals surface area contributed by atoms with Gasteiger partial charge in [0.2, 0.25) is 11.8 Å². The van der Waals surface area contributed by atoms with Crippen LogP contribution in [0.2, 0.25) is 10.0 Å². The molecular weight excluding hydrogens is 287 g/mol. The zero-order valence-electron chi connectivity index (χ0n) is 10.5. The van der Waals surface area contributed by atoms with E-state index < -0.39 is 6.04 Å². The lowest BCUT2D eigenvalue weighted by molar-refractivity contribution is -0.133. The van der Waals surface area contributed by atoms with Gasteiger partial charge in [0.25, 0.3) is 0 Å². The summed E-state index contributed by atoms with van der Waals surface area (Å²) in [5.74, 6) is -0.206. The van der Waals surface area contributed by atoms with Gasteiger partial charge in [0.1, 0.15) is 6.04 Å². The zero-order chi connectivity index (χ0) is 14.0. The lowest BCUT2D eigenvalue weighted by atomic mass is 10.2. The highest BCUT2D eigenvalue weighted by atomic mass is 35.5. The van der Waals surface area contributed by atoms with Crippen LogP contribution in [-0.4, -0.2) is 29.3 Å². The second kappa shape index (κ2) is 5.80. The van der Waals surface area contributed by atoms with Crippen LogP contribution in [0.5, 0.6) is 0 Å². The van der Waals surface area contributed by atoms with E-state index in [1.165, 1.54) is 0 Å². The maximum absolute atomic E-state index is 12.1. The lowest BCUT2D eigenvalue weighted by Crippen LogP contribution is -2.42. The molecule has 2 rings (SSSR count). The molecule has 1 fully saturated rings. The minimum absolute atomic E-state index is 0.100. The van der Waals surface area contributed by atoms with E-state index in [9.17, 15) is 9.59 Å². The van der Waals surface area contributed by atoms with E-state index >= 15 is 0 Å². The van der Waals surface area contributed by atoms with E-state index in [-0.39, 0.29) is 11.8 Å². The molecule has 1 aliphatic heterocycles. The standard InChI is InChI=1S/C13H14Cl2N2O2/c1-8-13(19)17(5-4-12(18)16-8)7-9-2-3-10(14)6-11(9)15/h2-3,6,8H,4-5,7H2,1H3,(H,16,18). The summed E-state index contributed by atoms with van der Waals surface area (Å²) in [6.45, 7) is 2.46. The smallest absolute Gasteiger partial charge is 0.245 e. The first-order valence-corrected chi connectivity index (χ1v) is 6.75. The molecule has 0 spiro atoms. The SMILES string of the molecule is CC1NC(=O)CCN(Cc2ccc(Cl)cc2Cl)C1=O. The predicted molar refractivity (Wildman–Crippen MR) is 74.1 cm³/mol. The van der Waals surface area contributed by atoms with Crippen molar-refractivity contribution in [3.05, 3.63) is 33.8 Å². The van der Waals surface area contributed by atoms with Crippen molar-refractivity contribution in [2.24, 2.45) is 0 Å². The summed E-state index contributed by atoms with van der Waals surface area (Å²) in [7, 11) is 0. The van der Waals surface area contributed by atoms with Crippen molar-refractivity contribution in [3.8, 4) is 0 Å². The van der Waals surface area contributed by atoms with Gasteiger partial charge < -0.3 is 10.2 Å². The Balaban J connectivity index is 2.17. The fourth-order valence-electron chi connectivity index (χ4n) is 2.01. The molecule has 2 amide bonds. The maximum Gasteiger partial charge on any atom is 0.245 e. The Morgan fingerprint density at radius 3 is 2.79 bits per heavy atom. The fourth-order valence-corrected chi connectivity index (χ4v) is 2.48. The first-order chi connectivity index (χ1) is 8.97. The van der Waals surface area contributed by atoms with Crippen LogP contribution < -0.4 is 5.32 Å². The largest absolute Gasteiger partial charge is 0.345 e. The third-order valence-electron chi connectivity index (χ3n) is 3.04. The summed E-state index contributed by atoms with van der Waals surface area (Å²) in [5.41, 5.74) is 0.820. The van der Waals surface area contributed by atoms with Gasteiger partial charge >= 0.3 is 0 Å². The Bertz CT molecular complexity index is 519. The van der Waals surface area contributed by atoms with Crippen molar-refractivity contribution in [1.82, 2.24) is 10.2 Å². The second-order valence-electron chi connectivity index (χ2n) is 4.53. The lowest BCUT2D eigenvalue weighted by Gasteiger charge is -2.22. The Kier molecular flexibility index (Phi) is 4.32. The Labute approximate surface area is 121 Å². The van der Waals surface area contributed by atoms with Crippen molar-refractivity contribution in [1.29, 1.82) is 0 Å². The third-order valence-corrected chi connectivity index (χ3v) is 3.63. The number of carbonyl (C=O) groups is 2. The summed E-state index contributed by atoms with van der Waals surface area (Å²) in [4.78, 5) is 25.2. The van der Waals surface area contributed by atoms with Gasteiger partial charge in [-0.3, -0.25) is 9.59 Å². The molecule has 1 aliphatic rings. The molecule has 1 N–H and O–H groups in total. The minimum atomic E-state index is -0.499. The van der Waals surface area contributed by atoms with E-state index in [1.54, 1.807) is 30.0 Å². The fraction of sp³-hybridized carbons (Fsp3) is 0.385. The molecular formula is C13H14Cl2N2O2. The van der Waals surface area contributed by atoms with Gasteiger partial charge in [-0.05, 0) is 24.6 Å². The Morgan fingerprint density at radius 2 is 2.11 bits per heavy atom. The average molecular weight is 301 g/mol. The average Bonchev–Trinajstić information content (AvgIpc) is 2.46. The van der Waals surface area contributed by atoms with Gasteiger partial charge in [-0.2, -0.15) is 0 Å². The number of hydrogen-bond donors (Lipinski definition) is 1. The Morgan fingerprint density at radius 1 is 1.37 bits per heavy atom. The van der Waals surface area contributed by atoms with E-state index in [0.29, 0.717) is 29.6 Å². The quantitative estimate of drug-likeness (QED) is 0.910. The number of amides is 2. The monoisotopic (exact) mass is 300 g/mol. The summed E-state index contributed by atoms with van der Waals surface area (Å²) < 4.78 is 0. The molecule has 0 aromatic heterocycles. The van der Waals surface area contributed by atoms with Crippen LogP contribution in [0.1, 0.15) is 18.9 Å². The number of carbonyl (C=O) groups excluding carboxylic acids is 2. The molecule has 0 bridgehead atoms. The number of benzene rings is 1. The molecule has 1 unspecified atom stereocenters. The molecule has 0 aliphatic carbocycles. The molecule has 1 aromatic carbocycles. The highest BCUT2D eigenvalue weighted by Crippen LogP contribution is 2.23. The van der Waals surface area contributed by atoms with Gasteiger partial charge in [-0.15, -0.1) is 0 Å². The van der Waals surface area contributed by atoms with E-state index in [4.69, 9.17) is 23.2 Å². The van der Waals surface area contributed by atoms with Crippen LogP contribution in [0.4, 0.5) is 0 Å². The summed E-state index contributed by atoms with van der Waals surface area (Å²) >= 11 is 11.9. The van der Waals surface area contributed by atoms with Crippen molar-refractivity contribution in [2.45, 2.75) is 25.9 Å². The first kappa shape index (κ1) is 14.2. The molecule has 6 heteroatoms. The van der Waals surface area contributed by atoms with Crippen molar-refractivity contribution in [2.75, 3.05) is 6.54 Å². The predicted octanol–water partition coefficient (Wildman–Crippen LogP) is 2.23. The zero-order valence-corrected chi connectivity index (χ0v) is 12.0. The number of hydrogen-bond acceptors (Lipinski definition) is 2. The van der Waals surface area contributed by atoms with Gasteiger partial charge in [0.15, 0.2) is 0 Å². The molecule has 1 atom stereocenters. The molecule has 19 heavy (non-hydrogen) atoms. The van der Waals surface area contributed by atoms with Crippen LogP contribution in [0.15, 0.2) is 18.2 Å². The molecule has 1 aromatic rings. The van der Waals surface area contributed by atoms with E-state index in [0.717, 1.165) is 5.56 Å². The third kappa shape index (κ3) is 3.39. The molecule has 1 heterocycles. The normalized spacial score (nSPS) is 20.2. The topological polar surface area (TPSA) is 49.4 Å². The van der Waals surface area contributed by atoms with E-state index in [1.807, 2.05) is 0 Å². The van der Waals surface area contributed by atoms with Crippen LogP contribution >= 0.6 is 23.2 Å². The molecule has 0 saturated carbocycles. The number of halogens is 2. The van der Waals surface area contributed by atoms with Gasteiger partial charge in [-0.25, -0.2) is 0 Å². The van der Waals surface area contributed by atoms with Crippen LogP contribution in [-0.2, 0) is 16.1 Å². The minimum Gasteiger partial charge on any atom is -0.345 e. The summed E-state index contributed by atoms with van der Waals surface area (Å²) in [6, 6.07) is 4.68. The molecule has 1 saturated heterocycles. The highest BCUT2D eigenvalue weighted by molar-refractivity contribution is 6.35. The molecule has 102 valence electrons. The maximum atomic E-state index is 12.1. The van der Waals surface area contributed by atoms with Crippen LogP contribution in [0.25, 0.3) is 0 Å². The number of rotatable bonds is 2. The van der Waals surface area contributed by atoms with Crippen LogP contribution in [0.3, 0.4) is 0 Å². The highest BCUT2D eigenvalue weighted by Gasteiger charge is 2.26. The molecule has 4 nitrogen and oxygen atoms in total. The Hall–Kier alpha value is -1.26. The van der Waals surface area contributed by atoms with Crippen molar-refractivity contribution in [3.63, 3.8) is 0 Å². The van der Waals surface area contributed by atoms with Gasteiger partial charge in [0.05, 0.1) is 0 Å². The number of nitrogens with zero attached hydrogens (tertiary/aromatic N) is 1. The van der Waals surface area contributed by atoms with E-state index in [2.05, 4.69) is 5.32 Å². The van der Waals surface area contributed by atoms with Crippen LogP contribution in [0, 0.1) is 0 Å². The summed E-state index contributed by atoms with van der Waals surface area (Å²) in [5, 5.41) is 3.73. The summed E-state index contributed by atoms with van der Waals surface area (Å²) in [6.07, 6.45) is 0.307. The first-order valence-electron chi connectivity index (χ1n) is 5.99.